The summed E-state index contributed by atoms with van der Waals surface area (Å²) in [6.07, 6.45) is 3.68. The molecule has 0 spiro atoms. The van der Waals surface area contributed by atoms with Crippen molar-refractivity contribution in [1.29, 1.82) is 0 Å². The molecule has 2 aromatic heterocycles. The summed E-state index contributed by atoms with van der Waals surface area (Å²) in [6, 6.07) is 5.75. The Balaban J connectivity index is 1.78. The molecule has 0 aromatic carbocycles. The molecule has 4 heteroatoms. The van der Waals surface area contributed by atoms with E-state index in [-0.39, 0.29) is 5.91 Å². The Morgan fingerprint density at radius 2 is 2.40 bits per heavy atom. The van der Waals surface area contributed by atoms with Crippen molar-refractivity contribution < 1.29 is 9.21 Å². The van der Waals surface area contributed by atoms with E-state index >= 15 is 0 Å². The van der Waals surface area contributed by atoms with Gasteiger partial charge in [-0.3, -0.25) is 4.79 Å². The number of nitrogens with one attached hydrogen (secondary N) is 1. The maximum Gasteiger partial charge on any atom is 0.225 e. The second kappa shape index (κ2) is 4.79. The number of carbonyl (C=O) groups excluding carboxylic acids is 1. The van der Waals surface area contributed by atoms with E-state index in [0.717, 1.165) is 10.4 Å². The van der Waals surface area contributed by atoms with Crippen molar-refractivity contribution in [2.75, 3.05) is 0 Å². The Bertz CT molecular complexity index is 406. The second-order valence-corrected chi connectivity index (χ2v) is 4.20. The first-order valence-corrected chi connectivity index (χ1v) is 5.53. The molecule has 0 aliphatic rings. The van der Waals surface area contributed by atoms with E-state index in [1.54, 1.807) is 23.9 Å². The summed E-state index contributed by atoms with van der Waals surface area (Å²) in [7, 11) is 0. The monoisotopic (exact) mass is 221 g/mol. The summed E-state index contributed by atoms with van der Waals surface area (Å²) < 4.78 is 4.90. The maximum atomic E-state index is 11.5. The fourth-order valence-corrected chi connectivity index (χ4v) is 1.93. The summed E-state index contributed by atoms with van der Waals surface area (Å²) in [5, 5.41) is 4.80. The topological polar surface area (TPSA) is 42.2 Å². The average molecular weight is 221 g/mol. The van der Waals surface area contributed by atoms with Crippen molar-refractivity contribution in [1.82, 2.24) is 5.32 Å². The third-order valence-electron chi connectivity index (χ3n) is 1.98. The molecular formula is C11H11NO2S. The standard InChI is InChI=1S/C11H11NO2S/c13-11(6-10-2-1-5-15-10)12-7-9-3-4-14-8-9/h1-5,8H,6-7H2,(H,12,13). The molecule has 1 N–H and O–H groups in total. The molecule has 2 aromatic rings. The fourth-order valence-electron chi connectivity index (χ4n) is 1.23. The molecule has 1 amide bonds. The highest BCUT2D eigenvalue weighted by molar-refractivity contribution is 7.10. The minimum Gasteiger partial charge on any atom is -0.472 e. The van der Waals surface area contributed by atoms with E-state index in [2.05, 4.69) is 5.32 Å². The Kier molecular flexibility index (Phi) is 3.19. The quantitative estimate of drug-likeness (QED) is 0.860. The summed E-state index contributed by atoms with van der Waals surface area (Å²) in [4.78, 5) is 12.6. The zero-order chi connectivity index (χ0) is 10.5. The molecule has 0 fully saturated rings. The van der Waals surface area contributed by atoms with Crippen LogP contribution in [0.25, 0.3) is 0 Å². The number of hydrogen-bond acceptors (Lipinski definition) is 3. The van der Waals surface area contributed by atoms with Gasteiger partial charge in [-0.15, -0.1) is 11.3 Å². The average Bonchev–Trinajstić information content (AvgIpc) is 2.86. The minimum absolute atomic E-state index is 0.0404. The van der Waals surface area contributed by atoms with Crippen molar-refractivity contribution in [2.24, 2.45) is 0 Å². The van der Waals surface area contributed by atoms with Gasteiger partial charge in [-0.05, 0) is 17.5 Å². The van der Waals surface area contributed by atoms with Gasteiger partial charge >= 0.3 is 0 Å². The van der Waals surface area contributed by atoms with Crippen LogP contribution in [0.4, 0.5) is 0 Å². The van der Waals surface area contributed by atoms with Crippen LogP contribution in [0, 0.1) is 0 Å². The first-order valence-electron chi connectivity index (χ1n) is 4.65. The maximum absolute atomic E-state index is 11.5. The zero-order valence-corrected chi connectivity index (χ0v) is 8.92. The van der Waals surface area contributed by atoms with Gasteiger partial charge in [-0.2, -0.15) is 0 Å². The van der Waals surface area contributed by atoms with E-state index in [1.165, 1.54) is 0 Å². The molecule has 0 bridgehead atoms. The first kappa shape index (κ1) is 9.98. The van der Waals surface area contributed by atoms with Gasteiger partial charge < -0.3 is 9.73 Å². The zero-order valence-electron chi connectivity index (χ0n) is 8.10. The van der Waals surface area contributed by atoms with Gasteiger partial charge in [0.05, 0.1) is 18.9 Å². The van der Waals surface area contributed by atoms with Crippen LogP contribution in [-0.2, 0) is 17.8 Å². The number of furan rings is 1. The van der Waals surface area contributed by atoms with E-state index in [0.29, 0.717) is 13.0 Å². The summed E-state index contributed by atoms with van der Waals surface area (Å²) in [5.41, 5.74) is 0.981. The largest absolute Gasteiger partial charge is 0.472 e. The summed E-state index contributed by atoms with van der Waals surface area (Å²) >= 11 is 1.60. The summed E-state index contributed by atoms with van der Waals surface area (Å²) in [5.74, 6) is 0.0404. The minimum atomic E-state index is 0.0404. The molecule has 78 valence electrons. The molecule has 0 atom stereocenters. The number of thiophene rings is 1. The predicted molar refractivity (Wildman–Crippen MR) is 58.6 cm³/mol. The lowest BCUT2D eigenvalue weighted by atomic mass is 10.3. The van der Waals surface area contributed by atoms with Gasteiger partial charge in [-0.1, -0.05) is 6.07 Å². The lowest BCUT2D eigenvalue weighted by molar-refractivity contribution is -0.120. The van der Waals surface area contributed by atoms with Crippen LogP contribution in [0.2, 0.25) is 0 Å². The molecule has 15 heavy (non-hydrogen) atoms. The first-order chi connectivity index (χ1) is 7.34. The smallest absolute Gasteiger partial charge is 0.225 e. The lowest BCUT2D eigenvalue weighted by Gasteiger charge is -2.01. The molecular weight excluding hydrogens is 210 g/mol. The molecule has 0 aliphatic carbocycles. The van der Waals surface area contributed by atoms with E-state index < -0.39 is 0 Å². The van der Waals surface area contributed by atoms with Gasteiger partial charge in [0.15, 0.2) is 0 Å². The Morgan fingerprint density at radius 1 is 1.47 bits per heavy atom. The van der Waals surface area contributed by atoms with Crippen LogP contribution >= 0.6 is 11.3 Å². The molecule has 2 rings (SSSR count). The van der Waals surface area contributed by atoms with Gasteiger partial charge in [-0.25, -0.2) is 0 Å². The molecule has 0 radical (unpaired) electrons. The van der Waals surface area contributed by atoms with Gasteiger partial charge in [0.2, 0.25) is 5.91 Å². The summed E-state index contributed by atoms with van der Waals surface area (Å²) in [6.45, 7) is 0.528. The van der Waals surface area contributed by atoms with Crippen molar-refractivity contribution in [2.45, 2.75) is 13.0 Å². The molecule has 0 saturated heterocycles. The van der Waals surface area contributed by atoms with Crippen LogP contribution < -0.4 is 5.32 Å². The SMILES string of the molecule is O=C(Cc1cccs1)NCc1ccoc1. The van der Waals surface area contributed by atoms with E-state index in [9.17, 15) is 4.79 Å². The number of rotatable bonds is 4. The van der Waals surface area contributed by atoms with Crippen LogP contribution in [0.3, 0.4) is 0 Å². The molecule has 0 saturated carbocycles. The highest BCUT2D eigenvalue weighted by Crippen LogP contribution is 2.09. The van der Waals surface area contributed by atoms with Gasteiger partial charge in [0, 0.05) is 17.0 Å². The number of carbonyl (C=O) groups is 1. The van der Waals surface area contributed by atoms with Crippen LogP contribution in [0.5, 0.6) is 0 Å². The van der Waals surface area contributed by atoms with E-state index in [4.69, 9.17) is 4.42 Å². The predicted octanol–water partition coefficient (Wildman–Crippen LogP) is 2.20. The normalized spacial score (nSPS) is 10.1. The highest BCUT2D eigenvalue weighted by atomic mass is 32.1. The Morgan fingerprint density at radius 3 is 3.07 bits per heavy atom. The van der Waals surface area contributed by atoms with Crippen LogP contribution in [-0.4, -0.2) is 5.91 Å². The third kappa shape index (κ3) is 2.95. The Labute approximate surface area is 91.7 Å². The number of hydrogen-bond donors (Lipinski definition) is 1. The van der Waals surface area contributed by atoms with Gasteiger partial charge in [0.1, 0.15) is 0 Å². The van der Waals surface area contributed by atoms with Crippen LogP contribution in [0.1, 0.15) is 10.4 Å². The van der Waals surface area contributed by atoms with Crippen molar-refractivity contribution in [3.8, 4) is 0 Å². The van der Waals surface area contributed by atoms with Crippen molar-refractivity contribution >= 4 is 17.2 Å². The second-order valence-electron chi connectivity index (χ2n) is 3.16. The molecule has 2 heterocycles. The van der Waals surface area contributed by atoms with Crippen molar-refractivity contribution in [3.05, 3.63) is 46.5 Å². The van der Waals surface area contributed by atoms with Gasteiger partial charge in [0.25, 0.3) is 0 Å². The number of amides is 1. The lowest BCUT2D eigenvalue weighted by Crippen LogP contribution is -2.23. The molecule has 0 unspecified atom stereocenters. The Hall–Kier alpha value is -1.55. The van der Waals surface area contributed by atoms with E-state index in [1.807, 2.05) is 23.6 Å². The highest BCUT2D eigenvalue weighted by Gasteiger charge is 2.03. The van der Waals surface area contributed by atoms with Crippen LogP contribution in [0.15, 0.2) is 40.5 Å². The van der Waals surface area contributed by atoms with Crippen molar-refractivity contribution in [3.63, 3.8) is 0 Å². The fraction of sp³-hybridized carbons (Fsp3) is 0.182. The molecule has 0 aliphatic heterocycles. The third-order valence-corrected chi connectivity index (χ3v) is 2.86. The molecule has 3 nitrogen and oxygen atoms in total.